The molecule has 3 aliphatic rings. The molecule has 0 aliphatic carbocycles. The van der Waals surface area contributed by atoms with Gasteiger partial charge in [-0.15, -0.1) is 0 Å². The highest BCUT2D eigenvalue weighted by molar-refractivity contribution is 6.33. The SMILES string of the molecule is CN1CC2(CC3CCC(C2)N3C(=O)c2ccc(F)cc2Cl)OCC1=O. The maximum Gasteiger partial charge on any atom is 0.255 e. The fraction of sp³-hybridized carbons (Fsp3) is 0.556. The number of carbonyl (C=O) groups excluding carboxylic acids is 2. The van der Waals surface area contributed by atoms with Gasteiger partial charge in [-0.3, -0.25) is 9.59 Å². The van der Waals surface area contributed by atoms with Crippen LogP contribution in [-0.4, -0.2) is 59.5 Å². The van der Waals surface area contributed by atoms with E-state index in [0.29, 0.717) is 24.9 Å². The Labute approximate surface area is 150 Å². The van der Waals surface area contributed by atoms with Crippen molar-refractivity contribution < 1.29 is 18.7 Å². The van der Waals surface area contributed by atoms with Crippen molar-refractivity contribution in [2.45, 2.75) is 43.4 Å². The molecule has 3 heterocycles. The molecule has 3 aliphatic heterocycles. The molecule has 25 heavy (non-hydrogen) atoms. The van der Waals surface area contributed by atoms with Crippen LogP contribution in [0.3, 0.4) is 0 Å². The van der Waals surface area contributed by atoms with Crippen LogP contribution in [0.25, 0.3) is 0 Å². The smallest absolute Gasteiger partial charge is 0.255 e. The Kier molecular flexibility index (Phi) is 4.00. The average molecular weight is 367 g/mol. The second-order valence-corrected chi connectivity index (χ2v) is 7.76. The zero-order chi connectivity index (χ0) is 17.8. The maximum atomic E-state index is 13.3. The minimum Gasteiger partial charge on any atom is -0.363 e. The number of fused-ring (bicyclic) bond motifs is 2. The predicted molar refractivity (Wildman–Crippen MR) is 89.9 cm³/mol. The lowest BCUT2D eigenvalue weighted by molar-refractivity contribution is -0.172. The molecule has 1 aromatic carbocycles. The van der Waals surface area contributed by atoms with Crippen molar-refractivity contribution in [3.63, 3.8) is 0 Å². The van der Waals surface area contributed by atoms with Crippen molar-refractivity contribution >= 4 is 23.4 Å². The Morgan fingerprint density at radius 3 is 2.60 bits per heavy atom. The summed E-state index contributed by atoms with van der Waals surface area (Å²) in [5, 5.41) is 0.143. The third kappa shape index (κ3) is 2.81. The number of rotatable bonds is 1. The number of benzene rings is 1. The first-order valence-electron chi connectivity index (χ1n) is 8.54. The van der Waals surface area contributed by atoms with Crippen molar-refractivity contribution in [3.8, 4) is 0 Å². The van der Waals surface area contributed by atoms with Crippen molar-refractivity contribution in [2.24, 2.45) is 0 Å². The summed E-state index contributed by atoms with van der Waals surface area (Å²) in [6, 6.07) is 4.01. The van der Waals surface area contributed by atoms with Gasteiger partial charge in [0.25, 0.3) is 5.91 Å². The van der Waals surface area contributed by atoms with Gasteiger partial charge in [-0.2, -0.15) is 0 Å². The molecule has 0 N–H and O–H groups in total. The van der Waals surface area contributed by atoms with Crippen LogP contribution in [0.5, 0.6) is 0 Å². The number of piperidine rings is 1. The molecule has 5 nitrogen and oxygen atoms in total. The van der Waals surface area contributed by atoms with E-state index in [1.165, 1.54) is 18.2 Å². The Bertz CT molecular complexity index is 727. The molecular formula is C18H20ClFN2O3. The van der Waals surface area contributed by atoms with Gasteiger partial charge in [0.1, 0.15) is 12.4 Å². The summed E-state index contributed by atoms with van der Waals surface area (Å²) in [6.07, 6.45) is 3.26. The van der Waals surface area contributed by atoms with Gasteiger partial charge in [0.15, 0.2) is 0 Å². The van der Waals surface area contributed by atoms with Crippen LogP contribution >= 0.6 is 11.6 Å². The number of nitrogens with zero attached hydrogens (tertiary/aromatic N) is 2. The van der Waals surface area contributed by atoms with Gasteiger partial charge in [-0.1, -0.05) is 11.6 Å². The molecule has 2 amide bonds. The van der Waals surface area contributed by atoms with E-state index in [9.17, 15) is 14.0 Å². The van der Waals surface area contributed by atoms with E-state index in [0.717, 1.165) is 12.8 Å². The summed E-state index contributed by atoms with van der Waals surface area (Å²) in [4.78, 5) is 28.3. The Morgan fingerprint density at radius 2 is 2.00 bits per heavy atom. The second-order valence-electron chi connectivity index (χ2n) is 7.35. The Hall–Kier alpha value is -1.66. The largest absolute Gasteiger partial charge is 0.363 e. The minimum absolute atomic E-state index is 0.00503. The number of halogens is 2. The van der Waals surface area contributed by atoms with Gasteiger partial charge in [-0.05, 0) is 43.9 Å². The average Bonchev–Trinajstić information content (AvgIpc) is 2.83. The van der Waals surface area contributed by atoms with Gasteiger partial charge in [0, 0.05) is 25.7 Å². The van der Waals surface area contributed by atoms with Gasteiger partial charge in [0.2, 0.25) is 5.91 Å². The summed E-state index contributed by atoms with van der Waals surface area (Å²) < 4.78 is 19.2. The van der Waals surface area contributed by atoms with Gasteiger partial charge in [-0.25, -0.2) is 4.39 Å². The molecule has 2 unspecified atom stereocenters. The van der Waals surface area contributed by atoms with Crippen LogP contribution in [0.2, 0.25) is 5.02 Å². The molecule has 3 fully saturated rings. The number of carbonyl (C=O) groups is 2. The van der Waals surface area contributed by atoms with Crippen molar-refractivity contribution in [2.75, 3.05) is 20.2 Å². The first-order valence-corrected chi connectivity index (χ1v) is 8.92. The zero-order valence-corrected chi connectivity index (χ0v) is 14.8. The highest BCUT2D eigenvalue weighted by Gasteiger charge is 2.53. The van der Waals surface area contributed by atoms with E-state index in [-0.39, 0.29) is 41.1 Å². The summed E-state index contributed by atoms with van der Waals surface area (Å²) in [7, 11) is 1.80. The fourth-order valence-electron chi connectivity index (χ4n) is 4.58. The molecule has 0 saturated carbocycles. The van der Waals surface area contributed by atoms with Crippen LogP contribution in [0.15, 0.2) is 18.2 Å². The van der Waals surface area contributed by atoms with Gasteiger partial charge < -0.3 is 14.5 Å². The normalized spacial score (nSPS) is 31.7. The van der Waals surface area contributed by atoms with Gasteiger partial charge in [0.05, 0.1) is 16.2 Å². The minimum atomic E-state index is -0.453. The summed E-state index contributed by atoms with van der Waals surface area (Å²) in [6.45, 7) is 0.672. The van der Waals surface area contributed by atoms with E-state index in [1.807, 2.05) is 4.90 Å². The molecule has 134 valence electrons. The number of hydrogen-bond donors (Lipinski definition) is 0. The lowest BCUT2D eigenvalue weighted by atomic mass is 9.84. The fourth-order valence-corrected chi connectivity index (χ4v) is 4.82. The molecule has 1 aromatic rings. The van der Waals surface area contributed by atoms with Crippen LogP contribution in [0, 0.1) is 5.82 Å². The summed E-state index contributed by atoms with van der Waals surface area (Å²) >= 11 is 6.08. The van der Waals surface area contributed by atoms with Crippen molar-refractivity contribution in [1.82, 2.24) is 9.80 Å². The molecule has 4 rings (SSSR count). The standard InChI is InChI=1S/C18H20ClFN2O3/c1-21-10-18(25-9-16(21)23)7-12-3-4-13(8-18)22(12)17(24)14-5-2-11(20)6-15(14)19/h2,5-6,12-13H,3-4,7-10H2,1H3. The number of morpholine rings is 1. The molecule has 1 spiro atoms. The second kappa shape index (κ2) is 5.95. The molecule has 0 radical (unpaired) electrons. The van der Waals surface area contributed by atoms with E-state index < -0.39 is 5.82 Å². The van der Waals surface area contributed by atoms with Crippen LogP contribution < -0.4 is 0 Å². The molecular weight excluding hydrogens is 347 g/mol. The highest BCUT2D eigenvalue weighted by atomic mass is 35.5. The highest BCUT2D eigenvalue weighted by Crippen LogP contribution is 2.44. The number of hydrogen-bond acceptors (Lipinski definition) is 3. The summed E-state index contributed by atoms with van der Waals surface area (Å²) in [5.41, 5.74) is -0.0227. The molecule has 3 saturated heterocycles. The first-order chi connectivity index (χ1) is 11.9. The van der Waals surface area contributed by atoms with E-state index in [4.69, 9.17) is 16.3 Å². The topological polar surface area (TPSA) is 49.9 Å². The summed E-state index contributed by atoms with van der Waals surface area (Å²) in [5.74, 6) is -0.604. The van der Waals surface area contributed by atoms with Crippen LogP contribution in [0.4, 0.5) is 4.39 Å². The zero-order valence-electron chi connectivity index (χ0n) is 14.0. The lowest BCUT2D eigenvalue weighted by Crippen LogP contribution is -2.61. The van der Waals surface area contributed by atoms with E-state index in [1.54, 1.807) is 11.9 Å². The molecule has 2 bridgehead atoms. The van der Waals surface area contributed by atoms with Crippen LogP contribution in [0.1, 0.15) is 36.0 Å². The Morgan fingerprint density at radius 1 is 1.32 bits per heavy atom. The number of ether oxygens (including phenoxy) is 1. The maximum absolute atomic E-state index is 13.3. The number of amides is 2. The third-order valence-electron chi connectivity index (χ3n) is 5.68. The van der Waals surface area contributed by atoms with Crippen molar-refractivity contribution in [3.05, 3.63) is 34.6 Å². The Balaban J connectivity index is 1.56. The van der Waals surface area contributed by atoms with E-state index >= 15 is 0 Å². The van der Waals surface area contributed by atoms with Crippen molar-refractivity contribution in [1.29, 1.82) is 0 Å². The molecule has 7 heteroatoms. The van der Waals surface area contributed by atoms with E-state index in [2.05, 4.69) is 0 Å². The quantitative estimate of drug-likeness (QED) is 0.767. The predicted octanol–water partition coefficient (Wildman–Crippen LogP) is 2.47. The monoisotopic (exact) mass is 366 g/mol. The number of likely N-dealkylation sites (N-methyl/N-ethyl adjacent to an activating group) is 1. The first kappa shape index (κ1) is 16.8. The van der Waals surface area contributed by atoms with Gasteiger partial charge >= 0.3 is 0 Å². The molecule has 2 atom stereocenters. The molecule has 0 aromatic heterocycles. The third-order valence-corrected chi connectivity index (χ3v) is 6.00. The lowest BCUT2D eigenvalue weighted by Gasteiger charge is -2.49. The van der Waals surface area contributed by atoms with Crippen LogP contribution in [-0.2, 0) is 9.53 Å².